The van der Waals surface area contributed by atoms with Gasteiger partial charge >= 0.3 is 0 Å². The van der Waals surface area contributed by atoms with Gasteiger partial charge in [-0.05, 0) is 36.3 Å². The van der Waals surface area contributed by atoms with Crippen LogP contribution in [0.1, 0.15) is 29.9 Å². The normalized spacial score (nSPS) is 21.1. The lowest BCUT2D eigenvalue weighted by Gasteiger charge is -2.48. The molecular formula is C18H19N3S. The average Bonchev–Trinajstić information content (AvgIpc) is 2.86. The van der Waals surface area contributed by atoms with Crippen LogP contribution < -0.4 is 4.90 Å². The number of aromatic nitrogens is 2. The molecule has 0 bridgehead atoms. The first-order valence-corrected chi connectivity index (χ1v) is 8.57. The molecule has 1 aromatic carbocycles. The molecule has 1 aliphatic rings. The first-order valence-electron chi connectivity index (χ1n) is 7.69. The van der Waals surface area contributed by atoms with Crippen molar-refractivity contribution in [1.29, 1.82) is 0 Å². The first-order chi connectivity index (χ1) is 10.6. The van der Waals surface area contributed by atoms with Crippen molar-refractivity contribution in [2.45, 2.75) is 26.8 Å². The molecule has 2 atom stereocenters. The van der Waals surface area contributed by atoms with E-state index in [1.54, 1.807) is 11.3 Å². The van der Waals surface area contributed by atoms with Crippen molar-refractivity contribution < 1.29 is 0 Å². The van der Waals surface area contributed by atoms with E-state index in [1.807, 2.05) is 6.92 Å². The van der Waals surface area contributed by atoms with Crippen LogP contribution in [0.25, 0.3) is 10.2 Å². The van der Waals surface area contributed by atoms with Gasteiger partial charge in [-0.25, -0.2) is 9.97 Å². The van der Waals surface area contributed by atoms with Gasteiger partial charge in [-0.15, -0.1) is 11.3 Å². The van der Waals surface area contributed by atoms with Crippen molar-refractivity contribution in [3.63, 3.8) is 0 Å². The number of hydrogen-bond acceptors (Lipinski definition) is 4. The molecule has 1 saturated heterocycles. The second-order valence-corrected chi connectivity index (χ2v) is 7.04. The molecule has 1 aliphatic heterocycles. The lowest BCUT2D eigenvalue weighted by Crippen LogP contribution is -2.49. The van der Waals surface area contributed by atoms with Crippen LogP contribution in [0.5, 0.6) is 0 Å². The molecule has 4 rings (SSSR count). The average molecular weight is 309 g/mol. The van der Waals surface area contributed by atoms with Crippen LogP contribution in [0.3, 0.4) is 0 Å². The summed E-state index contributed by atoms with van der Waals surface area (Å²) in [5.41, 5.74) is 2.65. The summed E-state index contributed by atoms with van der Waals surface area (Å²) in [4.78, 5) is 12.9. The van der Waals surface area contributed by atoms with E-state index < -0.39 is 0 Å². The number of benzene rings is 1. The Morgan fingerprint density at radius 1 is 1.14 bits per heavy atom. The number of anilines is 1. The van der Waals surface area contributed by atoms with Gasteiger partial charge in [-0.1, -0.05) is 37.3 Å². The fraction of sp³-hybridized carbons (Fsp3) is 0.333. The van der Waals surface area contributed by atoms with Crippen LogP contribution in [0.4, 0.5) is 5.82 Å². The zero-order valence-electron chi connectivity index (χ0n) is 13.1. The number of nitrogens with zero attached hydrogens (tertiary/aromatic N) is 3. The van der Waals surface area contributed by atoms with E-state index in [4.69, 9.17) is 4.98 Å². The molecule has 112 valence electrons. The third-order valence-corrected chi connectivity index (χ3v) is 5.47. The SMILES string of the molecule is Cc1nc(N2CC(C)C2c2ccccc2)c2c(C)csc2n1. The van der Waals surface area contributed by atoms with Crippen LogP contribution in [-0.2, 0) is 0 Å². The Kier molecular flexibility index (Phi) is 3.15. The van der Waals surface area contributed by atoms with E-state index in [0.29, 0.717) is 12.0 Å². The Hall–Kier alpha value is -1.94. The maximum atomic E-state index is 4.79. The van der Waals surface area contributed by atoms with Gasteiger partial charge in [0.25, 0.3) is 0 Å². The van der Waals surface area contributed by atoms with E-state index in [9.17, 15) is 0 Å². The summed E-state index contributed by atoms with van der Waals surface area (Å²) in [6.07, 6.45) is 0. The molecule has 0 amide bonds. The topological polar surface area (TPSA) is 29.0 Å². The Morgan fingerprint density at radius 3 is 2.64 bits per heavy atom. The molecule has 0 spiro atoms. The molecule has 2 aromatic heterocycles. The Balaban J connectivity index is 1.84. The number of thiophene rings is 1. The Labute approximate surface area is 134 Å². The molecule has 0 radical (unpaired) electrons. The molecule has 0 N–H and O–H groups in total. The van der Waals surface area contributed by atoms with Crippen molar-refractivity contribution in [2.24, 2.45) is 5.92 Å². The predicted octanol–water partition coefficient (Wildman–Crippen LogP) is 4.51. The van der Waals surface area contributed by atoms with Gasteiger partial charge in [0.1, 0.15) is 16.5 Å². The largest absolute Gasteiger partial charge is 0.348 e. The molecule has 0 aliphatic carbocycles. The molecule has 1 fully saturated rings. The lowest BCUT2D eigenvalue weighted by atomic mass is 9.84. The zero-order valence-corrected chi connectivity index (χ0v) is 13.9. The van der Waals surface area contributed by atoms with Crippen LogP contribution in [-0.4, -0.2) is 16.5 Å². The summed E-state index contributed by atoms with van der Waals surface area (Å²) in [5, 5.41) is 3.41. The quantitative estimate of drug-likeness (QED) is 0.697. The van der Waals surface area contributed by atoms with Crippen molar-refractivity contribution in [3.8, 4) is 0 Å². The second kappa shape index (κ2) is 5.06. The van der Waals surface area contributed by atoms with Crippen LogP contribution in [0.15, 0.2) is 35.7 Å². The summed E-state index contributed by atoms with van der Waals surface area (Å²) < 4.78 is 0. The van der Waals surface area contributed by atoms with Gasteiger partial charge in [0.2, 0.25) is 0 Å². The van der Waals surface area contributed by atoms with Crippen LogP contribution >= 0.6 is 11.3 Å². The summed E-state index contributed by atoms with van der Waals surface area (Å²) >= 11 is 1.71. The smallest absolute Gasteiger partial charge is 0.141 e. The summed E-state index contributed by atoms with van der Waals surface area (Å²) in [6, 6.07) is 11.2. The minimum atomic E-state index is 0.415. The Bertz CT molecular complexity index is 825. The van der Waals surface area contributed by atoms with E-state index in [-0.39, 0.29) is 0 Å². The van der Waals surface area contributed by atoms with Crippen molar-refractivity contribution in [2.75, 3.05) is 11.4 Å². The summed E-state index contributed by atoms with van der Waals surface area (Å²) in [7, 11) is 0. The maximum Gasteiger partial charge on any atom is 0.141 e. The molecule has 2 unspecified atom stereocenters. The van der Waals surface area contributed by atoms with Gasteiger partial charge in [0.15, 0.2) is 0 Å². The van der Waals surface area contributed by atoms with Crippen LogP contribution in [0, 0.1) is 19.8 Å². The number of rotatable bonds is 2. The van der Waals surface area contributed by atoms with Crippen LogP contribution in [0.2, 0.25) is 0 Å². The predicted molar refractivity (Wildman–Crippen MR) is 92.6 cm³/mol. The number of aryl methyl sites for hydroxylation is 2. The van der Waals surface area contributed by atoms with E-state index in [0.717, 1.165) is 23.0 Å². The maximum absolute atomic E-state index is 4.79. The minimum absolute atomic E-state index is 0.415. The molecular weight excluding hydrogens is 290 g/mol. The number of hydrogen-bond donors (Lipinski definition) is 0. The summed E-state index contributed by atoms with van der Waals surface area (Å²) in [6.45, 7) is 7.51. The Morgan fingerprint density at radius 2 is 1.91 bits per heavy atom. The van der Waals surface area contributed by atoms with E-state index in [1.165, 1.54) is 16.5 Å². The highest BCUT2D eigenvalue weighted by Crippen LogP contribution is 2.44. The molecule has 4 heteroatoms. The second-order valence-electron chi connectivity index (χ2n) is 6.18. The zero-order chi connectivity index (χ0) is 15.3. The van der Waals surface area contributed by atoms with E-state index in [2.05, 4.69) is 59.4 Å². The highest BCUT2D eigenvalue weighted by Gasteiger charge is 2.38. The molecule has 3 nitrogen and oxygen atoms in total. The third kappa shape index (κ3) is 2.02. The molecule has 0 saturated carbocycles. The first kappa shape index (κ1) is 13.7. The molecule has 3 heterocycles. The third-order valence-electron chi connectivity index (χ3n) is 4.48. The minimum Gasteiger partial charge on any atom is -0.348 e. The molecule has 3 aromatic rings. The van der Waals surface area contributed by atoms with Gasteiger partial charge in [-0.3, -0.25) is 0 Å². The fourth-order valence-corrected chi connectivity index (χ4v) is 4.40. The van der Waals surface area contributed by atoms with E-state index >= 15 is 0 Å². The lowest BCUT2D eigenvalue weighted by molar-refractivity contribution is 0.323. The molecule has 22 heavy (non-hydrogen) atoms. The van der Waals surface area contributed by atoms with Crippen molar-refractivity contribution in [3.05, 3.63) is 52.7 Å². The van der Waals surface area contributed by atoms with Gasteiger partial charge in [0.05, 0.1) is 11.4 Å². The highest BCUT2D eigenvalue weighted by molar-refractivity contribution is 7.17. The highest BCUT2D eigenvalue weighted by atomic mass is 32.1. The summed E-state index contributed by atoms with van der Waals surface area (Å²) in [5.74, 6) is 2.61. The monoisotopic (exact) mass is 309 g/mol. The fourth-order valence-electron chi connectivity index (χ4n) is 3.44. The standard InChI is InChI=1S/C18H19N3S/c1-11-9-21(16(11)14-7-5-4-6-8-14)17-15-12(2)10-22-18(15)20-13(3)19-17/h4-8,10-11,16H,9H2,1-3H3. The van der Waals surface area contributed by atoms with Gasteiger partial charge < -0.3 is 4.90 Å². The van der Waals surface area contributed by atoms with Crippen molar-refractivity contribution in [1.82, 2.24) is 9.97 Å². The number of fused-ring (bicyclic) bond motifs is 1. The van der Waals surface area contributed by atoms with Gasteiger partial charge in [0, 0.05) is 6.54 Å². The van der Waals surface area contributed by atoms with Crippen molar-refractivity contribution >= 4 is 27.4 Å². The van der Waals surface area contributed by atoms with Gasteiger partial charge in [-0.2, -0.15) is 0 Å².